The molecule has 0 amide bonds. The van der Waals surface area contributed by atoms with Crippen LogP contribution in [0.4, 0.5) is 4.39 Å². The van der Waals surface area contributed by atoms with Crippen molar-refractivity contribution in [3.63, 3.8) is 0 Å². The van der Waals surface area contributed by atoms with Crippen LogP contribution in [0.5, 0.6) is 0 Å². The SMILES string of the molecule is On1ncc2c(F)cccc21. The number of benzene rings is 1. The number of rotatable bonds is 0. The standard InChI is InChI=1S/C7H5FN2O/c8-6-2-1-3-7-5(6)4-9-10(7)11/h1-4,11H. The topological polar surface area (TPSA) is 38.0 Å². The van der Waals surface area contributed by atoms with Crippen molar-refractivity contribution >= 4 is 10.9 Å². The zero-order valence-electron chi connectivity index (χ0n) is 5.53. The average molecular weight is 152 g/mol. The third-order valence-corrected chi connectivity index (χ3v) is 1.54. The van der Waals surface area contributed by atoms with Crippen LogP contribution in [0.15, 0.2) is 24.4 Å². The minimum absolute atomic E-state index is 0.329. The van der Waals surface area contributed by atoms with Gasteiger partial charge in [0, 0.05) is 0 Å². The van der Waals surface area contributed by atoms with E-state index in [2.05, 4.69) is 5.10 Å². The van der Waals surface area contributed by atoms with Crippen molar-refractivity contribution in [3.8, 4) is 0 Å². The summed E-state index contributed by atoms with van der Waals surface area (Å²) in [5.41, 5.74) is 0.380. The highest BCUT2D eigenvalue weighted by Gasteiger charge is 2.03. The minimum atomic E-state index is -0.372. The van der Waals surface area contributed by atoms with Crippen molar-refractivity contribution in [2.75, 3.05) is 0 Å². The Kier molecular flexibility index (Phi) is 1.09. The maximum absolute atomic E-state index is 12.8. The molecule has 1 aromatic carbocycles. The van der Waals surface area contributed by atoms with Gasteiger partial charge in [-0.25, -0.2) is 4.39 Å². The molecule has 0 aliphatic carbocycles. The first-order valence-electron chi connectivity index (χ1n) is 3.10. The van der Waals surface area contributed by atoms with Crippen LogP contribution in [0.25, 0.3) is 10.9 Å². The lowest BCUT2D eigenvalue weighted by atomic mass is 10.2. The van der Waals surface area contributed by atoms with Gasteiger partial charge in [-0.1, -0.05) is 6.07 Å². The maximum atomic E-state index is 12.8. The van der Waals surface area contributed by atoms with Gasteiger partial charge in [-0.05, 0) is 12.1 Å². The second-order valence-corrected chi connectivity index (χ2v) is 2.21. The molecule has 1 heterocycles. The molecular formula is C7H5FN2O. The van der Waals surface area contributed by atoms with Gasteiger partial charge in [-0.2, -0.15) is 0 Å². The molecule has 0 aliphatic heterocycles. The van der Waals surface area contributed by atoms with Crippen molar-refractivity contribution < 1.29 is 9.60 Å². The van der Waals surface area contributed by atoms with E-state index in [0.29, 0.717) is 15.7 Å². The van der Waals surface area contributed by atoms with Crippen molar-refractivity contribution in [3.05, 3.63) is 30.2 Å². The number of hydrogen-bond donors (Lipinski definition) is 1. The highest BCUT2D eigenvalue weighted by atomic mass is 19.1. The van der Waals surface area contributed by atoms with Crippen molar-refractivity contribution in [2.24, 2.45) is 0 Å². The lowest BCUT2D eigenvalue weighted by Gasteiger charge is -1.91. The molecule has 0 aliphatic rings. The molecule has 56 valence electrons. The molecule has 0 radical (unpaired) electrons. The third-order valence-electron chi connectivity index (χ3n) is 1.54. The molecule has 3 nitrogen and oxygen atoms in total. The number of aromatic nitrogens is 2. The van der Waals surface area contributed by atoms with Gasteiger partial charge < -0.3 is 5.21 Å². The van der Waals surface area contributed by atoms with Crippen molar-refractivity contribution in [2.45, 2.75) is 0 Å². The van der Waals surface area contributed by atoms with Crippen LogP contribution in [0, 0.1) is 5.82 Å². The van der Waals surface area contributed by atoms with E-state index in [4.69, 9.17) is 5.21 Å². The number of fused-ring (bicyclic) bond motifs is 1. The molecule has 1 N–H and O–H groups in total. The van der Waals surface area contributed by atoms with Crippen LogP contribution >= 0.6 is 0 Å². The fourth-order valence-corrected chi connectivity index (χ4v) is 1.00. The van der Waals surface area contributed by atoms with E-state index in [9.17, 15) is 4.39 Å². The van der Waals surface area contributed by atoms with E-state index in [1.807, 2.05) is 0 Å². The molecule has 2 aromatic rings. The van der Waals surface area contributed by atoms with Gasteiger partial charge >= 0.3 is 0 Å². The van der Waals surface area contributed by atoms with Crippen LogP contribution in [-0.2, 0) is 0 Å². The van der Waals surface area contributed by atoms with E-state index >= 15 is 0 Å². The molecule has 2 rings (SSSR count). The molecule has 4 heteroatoms. The summed E-state index contributed by atoms with van der Waals surface area (Å²) < 4.78 is 12.8. The Morgan fingerprint density at radius 2 is 2.27 bits per heavy atom. The molecular weight excluding hydrogens is 147 g/mol. The Balaban J connectivity index is 2.94. The lowest BCUT2D eigenvalue weighted by molar-refractivity contribution is 0.161. The van der Waals surface area contributed by atoms with Gasteiger partial charge in [0.1, 0.15) is 11.3 Å². The van der Waals surface area contributed by atoms with E-state index in [-0.39, 0.29) is 5.82 Å². The van der Waals surface area contributed by atoms with E-state index in [1.165, 1.54) is 18.3 Å². The quantitative estimate of drug-likeness (QED) is 0.579. The van der Waals surface area contributed by atoms with Gasteiger partial charge in [-0.3, -0.25) is 0 Å². The summed E-state index contributed by atoms with van der Waals surface area (Å²) >= 11 is 0. The summed E-state index contributed by atoms with van der Waals surface area (Å²) in [6.45, 7) is 0. The second-order valence-electron chi connectivity index (χ2n) is 2.21. The van der Waals surface area contributed by atoms with E-state index in [0.717, 1.165) is 0 Å². The summed E-state index contributed by atoms with van der Waals surface area (Å²) in [6, 6.07) is 4.43. The second kappa shape index (κ2) is 1.95. The molecule has 11 heavy (non-hydrogen) atoms. The fourth-order valence-electron chi connectivity index (χ4n) is 1.00. The lowest BCUT2D eigenvalue weighted by Crippen LogP contribution is -1.90. The minimum Gasteiger partial charge on any atom is -0.411 e. The predicted octanol–water partition coefficient (Wildman–Crippen LogP) is 1.41. The van der Waals surface area contributed by atoms with E-state index in [1.54, 1.807) is 6.07 Å². The van der Waals surface area contributed by atoms with E-state index < -0.39 is 0 Å². The Morgan fingerprint density at radius 1 is 1.45 bits per heavy atom. The number of nitrogens with zero attached hydrogens (tertiary/aromatic N) is 2. The maximum Gasteiger partial charge on any atom is 0.134 e. The summed E-state index contributed by atoms with van der Waals surface area (Å²) in [5, 5.41) is 12.8. The zero-order chi connectivity index (χ0) is 7.84. The zero-order valence-corrected chi connectivity index (χ0v) is 5.53. The van der Waals surface area contributed by atoms with Gasteiger partial charge in [0.2, 0.25) is 0 Å². The summed E-state index contributed by atoms with van der Waals surface area (Å²) in [7, 11) is 0. The van der Waals surface area contributed by atoms with Crippen LogP contribution in [-0.4, -0.2) is 15.2 Å². The third kappa shape index (κ3) is 0.756. The molecule has 0 fully saturated rings. The van der Waals surface area contributed by atoms with Crippen molar-refractivity contribution in [1.82, 2.24) is 9.94 Å². The first-order chi connectivity index (χ1) is 5.29. The monoisotopic (exact) mass is 152 g/mol. The largest absolute Gasteiger partial charge is 0.411 e. The Bertz CT molecular complexity index is 396. The molecule has 0 saturated carbocycles. The van der Waals surface area contributed by atoms with Gasteiger partial charge in [0.05, 0.1) is 11.6 Å². The number of hydrogen-bond acceptors (Lipinski definition) is 2. The smallest absolute Gasteiger partial charge is 0.134 e. The molecule has 0 bridgehead atoms. The average Bonchev–Trinajstić information content (AvgIpc) is 2.35. The van der Waals surface area contributed by atoms with Gasteiger partial charge in [0.15, 0.2) is 0 Å². The predicted molar refractivity (Wildman–Crippen MR) is 36.9 cm³/mol. The number of halogens is 1. The normalized spacial score (nSPS) is 10.6. The highest BCUT2D eigenvalue weighted by Crippen LogP contribution is 2.15. The molecule has 0 spiro atoms. The Hall–Kier alpha value is -1.58. The molecule has 0 atom stereocenters. The van der Waals surface area contributed by atoms with Crippen LogP contribution in [0.3, 0.4) is 0 Å². The summed E-state index contributed by atoms with van der Waals surface area (Å²) in [5.74, 6) is -0.372. The van der Waals surface area contributed by atoms with Gasteiger partial charge in [0.25, 0.3) is 0 Å². The first-order valence-corrected chi connectivity index (χ1v) is 3.10. The van der Waals surface area contributed by atoms with Crippen LogP contribution in [0.1, 0.15) is 0 Å². The summed E-state index contributed by atoms with van der Waals surface area (Å²) in [6.07, 6.45) is 1.28. The Labute approximate surface area is 61.6 Å². The Morgan fingerprint density at radius 3 is 3.00 bits per heavy atom. The molecule has 0 saturated heterocycles. The summed E-state index contributed by atoms with van der Waals surface area (Å²) in [4.78, 5) is 0.651. The van der Waals surface area contributed by atoms with Crippen LogP contribution < -0.4 is 0 Å². The highest BCUT2D eigenvalue weighted by molar-refractivity contribution is 5.78. The first kappa shape index (κ1) is 6.15. The molecule has 1 aromatic heterocycles. The fraction of sp³-hybridized carbons (Fsp3) is 0. The van der Waals surface area contributed by atoms with Gasteiger partial charge in [-0.15, -0.1) is 9.94 Å². The van der Waals surface area contributed by atoms with Crippen molar-refractivity contribution in [1.29, 1.82) is 0 Å². The van der Waals surface area contributed by atoms with Crippen LogP contribution in [0.2, 0.25) is 0 Å². The molecule has 0 unspecified atom stereocenters.